The highest BCUT2D eigenvalue weighted by Gasteiger charge is 1.93. The van der Waals surface area contributed by atoms with Gasteiger partial charge in [-0.1, -0.05) is 43.0 Å². The van der Waals surface area contributed by atoms with E-state index in [2.05, 4.69) is 23.6 Å². The molecule has 0 heterocycles. The number of hydrogen-bond donors (Lipinski definition) is 0. The van der Waals surface area contributed by atoms with Crippen molar-refractivity contribution >= 4 is 6.08 Å². The Labute approximate surface area is 122 Å². The van der Waals surface area contributed by atoms with Crippen molar-refractivity contribution in [1.82, 2.24) is 4.90 Å². The van der Waals surface area contributed by atoms with E-state index in [1.807, 2.05) is 63.5 Å². The summed E-state index contributed by atoms with van der Waals surface area (Å²) >= 11 is 0. The first-order valence-corrected chi connectivity index (χ1v) is 6.59. The molecule has 1 aromatic carbocycles. The van der Waals surface area contributed by atoms with E-state index < -0.39 is 0 Å². The predicted octanol–water partition coefficient (Wildman–Crippen LogP) is 4.29. The number of allylic oxidation sites excluding steroid dienone is 5. The van der Waals surface area contributed by atoms with Gasteiger partial charge in [-0.15, -0.1) is 0 Å². The molecule has 106 valence electrons. The maximum atomic E-state index is 5.20. The van der Waals surface area contributed by atoms with Gasteiger partial charge in [-0.3, -0.25) is 0 Å². The quantitative estimate of drug-likeness (QED) is 0.714. The molecule has 1 aromatic rings. The fraction of sp³-hybridized carbons (Fsp3) is 0.222. The van der Waals surface area contributed by atoms with E-state index in [0.29, 0.717) is 0 Å². The maximum Gasteiger partial charge on any atom is 0.119 e. The van der Waals surface area contributed by atoms with Crippen molar-refractivity contribution in [2.24, 2.45) is 0 Å². The smallest absolute Gasteiger partial charge is 0.119 e. The van der Waals surface area contributed by atoms with Gasteiger partial charge in [0.1, 0.15) is 5.75 Å². The van der Waals surface area contributed by atoms with Crippen molar-refractivity contribution in [3.63, 3.8) is 0 Å². The van der Waals surface area contributed by atoms with Crippen LogP contribution in [0.2, 0.25) is 0 Å². The molecule has 0 aromatic heterocycles. The van der Waals surface area contributed by atoms with E-state index in [-0.39, 0.29) is 0 Å². The van der Waals surface area contributed by atoms with E-state index in [0.717, 1.165) is 22.6 Å². The highest BCUT2D eigenvalue weighted by molar-refractivity contribution is 5.56. The lowest BCUT2D eigenvalue weighted by Crippen LogP contribution is -2.08. The van der Waals surface area contributed by atoms with Gasteiger partial charge in [-0.25, -0.2) is 0 Å². The van der Waals surface area contributed by atoms with Gasteiger partial charge in [0, 0.05) is 19.8 Å². The number of ether oxygens (including phenoxy) is 1. The zero-order chi connectivity index (χ0) is 15.0. The van der Waals surface area contributed by atoms with Crippen molar-refractivity contribution in [2.75, 3.05) is 21.2 Å². The molecule has 0 atom stereocenters. The molecule has 0 saturated heterocycles. The monoisotopic (exact) mass is 269 g/mol. The zero-order valence-corrected chi connectivity index (χ0v) is 12.8. The minimum Gasteiger partial charge on any atom is -0.497 e. The Morgan fingerprint density at radius 3 is 2.55 bits per heavy atom. The average molecular weight is 269 g/mol. The van der Waals surface area contributed by atoms with E-state index >= 15 is 0 Å². The lowest BCUT2D eigenvalue weighted by atomic mass is 10.1. The molecule has 1 rings (SSSR count). The Bertz CT molecular complexity index is 536. The highest BCUT2D eigenvalue weighted by atomic mass is 16.5. The second-order valence-electron chi connectivity index (χ2n) is 4.63. The van der Waals surface area contributed by atoms with Crippen LogP contribution in [-0.2, 0) is 0 Å². The third-order valence-corrected chi connectivity index (χ3v) is 2.86. The summed E-state index contributed by atoms with van der Waals surface area (Å²) < 4.78 is 5.20. The Morgan fingerprint density at radius 2 is 1.95 bits per heavy atom. The first-order chi connectivity index (χ1) is 9.56. The summed E-state index contributed by atoms with van der Waals surface area (Å²) in [5, 5.41) is 0. The summed E-state index contributed by atoms with van der Waals surface area (Å²) in [4.78, 5) is 2.07. The molecule has 0 fully saturated rings. The van der Waals surface area contributed by atoms with Crippen molar-refractivity contribution in [3.05, 3.63) is 72.0 Å². The largest absolute Gasteiger partial charge is 0.497 e. The maximum absolute atomic E-state index is 5.20. The molecule has 2 heteroatoms. The number of methoxy groups -OCH3 is 1. The van der Waals surface area contributed by atoms with Gasteiger partial charge < -0.3 is 9.64 Å². The second kappa shape index (κ2) is 8.05. The van der Waals surface area contributed by atoms with Crippen molar-refractivity contribution in [3.8, 4) is 5.75 Å². The first kappa shape index (κ1) is 15.8. The number of nitrogens with zero attached hydrogens (tertiary/aromatic N) is 1. The van der Waals surface area contributed by atoms with E-state index in [9.17, 15) is 0 Å². The summed E-state index contributed by atoms with van der Waals surface area (Å²) in [6.45, 7) is 6.05. The summed E-state index contributed by atoms with van der Waals surface area (Å²) in [6, 6.07) is 7.93. The van der Waals surface area contributed by atoms with Gasteiger partial charge in [0.2, 0.25) is 0 Å². The van der Waals surface area contributed by atoms with Gasteiger partial charge in [-0.05, 0) is 36.3 Å². The molecule has 0 spiro atoms. The summed E-state index contributed by atoms with van der Waals surface area (Å²) in [6.07, 6.45) is 10.1. The Kier molecular flexibility index (Phi) is 6.38. The second-order valence-corrected chi connectivity index (χ2v) is 4.63. The number of hydrogen-bond acceptors (Lipinski definition) is 2. The van der Waals surface area contributed by atoms with E-state index in [4.69, 9.17) is 4.74 Å². The lowest BCUT2D eigenvalue weighted by Gasteiger charge is -2.12. The summed E-state index contributed by atoms with van der Waals surface area (Å²) in [7, 11) is 5.72. The molecule has 0 amide bonds. The molecule has 2 nitrogen and oxygen atoms in total. The van der Waals surface area contributed by atoms with Crippen LogP contribution in [0.5, 0.6) is 5.75 Å². The Morgan fingerprint density at radius 1 is 1.20 bits per heavy atom. The molecule has 0 unspecified atom stereocenters. The normalized spacial score (nSPS) is 12.1. The highest BCUT2D eigenvalue weighted by Crippen LogP contribution is 2.14. The third kappa shape index (κ3) is 5.19. The minimum atomic E-state index is 0.858. The molecule has 0 aliphatic heterocycles. The summed E-state index contributed by atoms with van der Waals surface area (Å²) in [5.74, 6) is 0.858. The van der Waals surface area contributed by atoms with Crippen LogP contribution < -0.4 is 4.74 Å². The van der Waals surface area contributed by atoms with E-state index in [1.165, 1.54) is 0 Å². The van der Waals surface area contributed by atoms with Crippen LogP contribution in [-0.4, -0.2) is 26.1 Å². The fourth-order valence-corrected chi connectivity index (χ4v) is 1.70. The first-order valence-electron chi connectivity index (χ1n) is 6.59. The molecule has 0 saturated carbocycles. The molecule has 0 aliphatic carbocycles. The fourth-order valence-electron chi connectivity index (χ4n) is 1.70. The third-order valence-electron chi connectivity index (χ3n) is 2.86. The summed E-state index contributed by atoms with van der Waals surface area (Å²) in [5.41, 5.74) is 3.20. The lowest BCUT2D eigenvalue weighted by molar-refractivity contribution is 0.414. The number of benzene rings is 1. The molecule has 0 bridgehead atoms. The van der Waals surface area contributed by atoms with Crippen LogP contribution in [0.25, 0.3) is 6.08 Å². The van der Waals surface area contributed by atoms with Crippen LogP contribution in [0.1, 0.15) is 12.5 Å². The Balaban J connectivity index is 2.70. The molecule has 0 aliphatic rings. The van der Waals surface area contributed by atoms with Crippen LogP contribution in [0, 0.1) is 0 Å². The van der Waals surface area contributed by atoms with Crippen LogP contribution in [0.4, 0.5) is 0 Å². The van der Waals surface area contributed by atoms with Gasteiger partial charge >= 0.3 is 0 Å². The van der Waals surface area contributed by atoms with Crippen LogP contribution >= 0.6 is 0 Å². The van der Waals surface area contributed by atoms with Gasteiger partial charge in [0.05, 0.1) is 7.11 Å². The van der Waals surface area contributed by atoms with Crippen LogP contribution in [0.15, 0.2) is 66.4 Å². The van der Waals surface area contributed by atoms with Gasteiger partial charge in [0.25, 0.3) is 0 Å². The van der Waals surface area contributed by atoms with Crippen LogP contribution in [0.3, 0.4) is 0 Å². The average Bonchev–Trinajstić information content (AvgIpc) is 2.45. The minimum absolute atomic E-state index is 0.858. The topological polar surface area (TPSA) is 12.5 Å². The van der Waals surface area contributed by atoms with Crippen molar-refractivity contribution in [1.29, 1.82) is 0 Å². The molecule has 0 N–H and O–H groups in total. The Hall–Kier alpha value is -2.22. The standard InChI is InChI=1S/C18H23NO/c1-6-17(19(3)4)13-11-15(2)10-12-16-8-7-9-18(14-16)20-5/h6-14H,2H2,1,3-5H3/b12-10+,13-11-,17-6+. The molecule has 0 radical (unpaired) electrons. The van der Waals surface area contributed by atoms with Gasteiger partial charge in [-0.2, -0.15) is 0 Å². The van der Waals surface area contributed by atoms with Crippen molar-refractivity contribution in [2.45, 2.75) is 6.92 Å². The SMILES string of the molecule is C=C(/C=C\C(=C/C)N(C)C)/C=C/c1cccc(OC)c1. The number of rotatable bonds is 6. The predicted molar refractivity (Wildman–Crippen MR) is 87.8 cm³/mol. The molecular formula is C18H23NO. The zero-order valence-electron chi connectivity index (χ0n) is 12.8. The number of likely N-dealkylation sites (N-methyl/N-ethyl adjacent to an activating group) is 1. The van der Waals surface area contributed by atoms with Crippen molar-refractivity contribution < 1.29 is 4.74 Å². The molecular weight excluding hydrogens is 246 g/mol. The van der Waals surface area contributed by atoms with E-state index in [1.54, 1.807) is 7.11 Å². The molecule has 20 heavy (non-hydrogen) atoms. The van der Waals surface area contributed by atoms with Gasteiger partial charge in [0.15, 0.2) is 0 Å².